The summed E-state index contributed by atoms with van der Waals surface area (Å²) in [6.07, 6.45) is -0.642. The molecule has 1 unspecified atom stereocenters. The first-order valence-electron chi connectivity index (χ1n) is 7.70. The monoisotopic (exact) mass is 309 g/mol. The van der Waals surface area contributed by atoms with Gasteiger partial charge in [-0.1, -0.05) is 6.07 Å². The van der Waals surface area contributed by atoms with Gasteiger partial charge in [-0.25, -0.2) is 9.18 Å². The lowest BCUT2D eigenvalue weighted by Gasteiger charge is -2.35. The topological polar surface area (TPSA) is 55.8 Å². The van der Waals surface area contributed by atoms with Gasteiger partial charge in [0, 0.05) is 39.3 Å². The van der Waals surface area contributed by atoms with Gasteiger partial charge in [0.15, 0.2) is 0 Å². The second-order valence-corrected chi connectivity index (χ2v) is 5.64. The van der Waals surface area contributed by atoms with E-state index < -0.39 is 6.10 Å². The first-order chi connectivity index (χ1) is 10.5. The Hall–Kier alpha value is -1.66. The van der Waals surface area contributed by atoms with Gasteiger partial charge < -0.3 is 15.3 Å². The molecule has 2 N–H and O–H groups in total. The van der Waals surface area contributed by atoms with Gasteiger partial charge in [0.25, 0.3) is 0 Å². The Labute approximate surface area is 130 Å². The first kappa shape index (κ1) is 16.7. The smallest absolute Gasteiger partial charge is 0.317 e. The van der Waals surface area contributed by atoms with Crippen LogP contribution in [0.5, 0.6) is 0 Å². The maximum atomic E-state index is 13.1. The van der Waals surface area contributed by atoms with Crippen LogP contribution in [-0.4, -0.2) is 60.2 Å². The summed E-state index contributed by atoms with van der Waals surface area (Å²) in [4.78, 5) is 15.7. The molecule has 1 heterocycles. The number of urea groups is 1. The average Bonchev–Trinajstić information content (AvgIpc) is 2.48. The van der Waals surface area contributed by atoms with E-state index in [9.17, 15) is 14.3 Å². The van der Waals surface area contributed by atoms with Crippen molar-refractivity contribution in [2.24, 2.45) is 0 Å². The Balaban J connectivity index is 1.86. The van der Waals surface area contributed by atoms with Gasteiger partial charge >= 0.3 is 6.03 Å². The summed E-state index contributed by atoms with van der Waals surface area (Å²) in [5, 5.41) is 13.1. The molecule has 2 rings (SSSR count). The minimum Gasteiger partial charge on any atom is -0.387 e. The molecule has 0 aliphatic carbocycles. The lowest BCUT2D eigenvalue weighted by atomic mass is 10.0. The summed E-state index contributed by atoms with van der Waals surface area (Å²) in [6.45, 7) is 7.59. The highest BCUT2D eigenvalue weighted by atomic mass is 19.1. The van der Waals surface area contributed by atoms with Crippen molar-refractivity contribution in [1.29, 1.82) is 0 Å². The van der Waals surface area contributed by atoms with E-state index in [2.05, 4.69) is 10.2 Å². The number of amides is 2. The number of carbonyl (C=O) groups is 1. The van der Waals surface area contributed by atoms with E-state index in [0.29, 0.717) is 26.2 Å². The van der Waals surface area contributed by atoms with Crippen molar-refractivity contribution in [2.45, 2.75) is 20.0 Å². The molecule has 5 nitrogen and oxygen atoms in total. The van der Waals surface area contributed by atoms with Crippen LogP contribution in [0.25, 0.3) is 0 Å². The molecular formula is C16H24FN3O2. The van der Waals surface area contributed by atoms with Crippen LogP contribution in [0, 0.1) is 12.7 Å². The molecule has 6 heteroatoms. The molecule has 1 saturated heterocycles. The molecule has 0 radical (unpaired) electrons. The summed E-state index contributed by atoms with van der Waals surface area (Å²) < 4.78 is 13.1. The number of halogens is 1. The van der Waals surface area contributed by atoms with Gasteiger partial charge in [0.2, 0.25) is 0 Å². The van der Waals surface area contributed by atoms with Crippen LogP contribution in [0.3, 0.4) is 0 Å². The lowest BCUT2D eigenvalue weighted by Crippen LogP contribution is -2.52. The molecule has 1 aliphatic heterocycles. The van der Waals surface area contributed by atoms with Gasteiger partial charge in [-0.05, 0) is 37.1 Å². The Morgan fingerprint density at radius 1 is 1.36 bits per heavy atom. The second kappa shape index (κ2) is 7.56. The van der Waals surface area contributed by atoms with Gasteiger partial charge in [0.05, 0.1) is 6.10 Å². The standard InChI is InChI=1S/C16H24FN3O2/c1-3-18-16(22)20-8-6-19(7-9-20)11-15(21)14-5-4-13(17)10-12(14)2/h4-5,10,15,21H,3,6-9,11H2,1-2H3,(H,18,22). The van der Waals surface area contributed by atoms with E-state index in [1.165, 1.54) is 12.1 Å². The summed E-state index contributed by atoms with van der Waals surface area (Å²) in [5.41, 5.74) is 1.51. The molecule has 122 valence electrons. The van der Waals surface area contributed by atoms with Crippen molar-refractivity contribution in [3.05, 3.63) is 35.1 Å². The maximum absolute atomic E-state index is 13.1. The number of piperazine rings is 1. The summed E-state index contributed by atoms with van der Waals surface area (Å²) in [6, 6.07) is 4.42. The molecule has 1 aromatic rings. The highest BCUT2D eigenvalue weighted by molar-refractivity contribution is 5.74. The number of carbonyl (C=O) groups excluding carboxylic acids is 1. The Kier molecular flexibility index (Phi) is 5.74. The predicted molar refractivity (Wildman–Crippen MR) is 83.2 cm³/mol. The van der Waals surface area contributed by atoms with Crippen LogP contribution in [-0.2, 0) is 0 Å². The Morgan fingerprint density at radius 3 is 2.64 bits per heavy atom. The third-order valence-corrected chi connectivity index (χ3v) is 4.01. The number of β-amino-alcohol motifs (C(OH)–C–C–N with tert-alkyl or cyclic N) is 1. The molecule has 0 bridgehead atoms. The van der Waals surface area contributed by atoms with E-state index in [4.69, 9.17) is 0 Å². The SMILES string of the molecule is CCNC(=O)N1CCN(CC(O)c2ccc(F)cc2C)CC1. The molecule has 2 amide bonds. The van der Waals surface area contributed by atoms with E-state index in [0.717, 1.165) is 24.2 Å². The van der Waals surface area contributed by atoms with Crippen LogP contribution in [0.1, 0.15) is 24.2 Å². The molecule has 1 fully saturated rings. The van der Waals surface area contributed by atoms with Crippen LogP contribution < -0.4 is 5.32 Å². The van der Waals surface area contributed by atoms with Crippen LogP contribution in [0.15, 0.2) is 18.2 Å². The van der Waals surface area contributed by atoms with Crippen LogP contribution >= 0.6 is 0 Å². The number of nitrogens with one attached hydrogen (secondary N) is 1. The zero-order valence-electron chi connectivity index (χ0n) is 13.2. The van der Waals surface area contributed by atoms with E-state index in [-0.39, 0.29) is 11.8 Å². The second-order valence-electron chi connectivity index (χ2n) is 5.64. The quantitative estimate of drug-likeness (QED) is 0.886. The first-order valence-corrected chi connectivity index (χ1v) is 7.70. The minimum atomic E-state index is -0.642. The molecular weight excluding hydrogens is 285 g/mol. The van der Waals surface area contributed by atoms with E-state index >= 15 is 0 Å². The molecule has 0 spiro atoms. The Bertz CT molecular complexity index is 516. The largest absolute Gasteiger partial charge is 0.387 e. The van der Waals surface area contributed by atoms with Gasteiger partial charge in [0.1, 0.15) is 5.82 Å². The number of hydrogen-bond acceptors (Lipinski definition) is 3. The van der Waals surface area contributed by atoms with Crippen LogP contribution in [0.4, 0.5) is 9.18 Å². The third-order valence-electron chi connectivity index (χ3n) is 4.01. The highest BCUT2D eigenvalue weighted by Gasteiger charge is 2.23. The van der Waals surface area contributed by atoms with Crippen LogP contribution in [0.2, 0.25) is 0 Å². The van der Waals surface area contributed by atoms with Crippen molar-refractivity contribution in [2.75, 3.05) is 39.3 Å². The zero-order chi connectivity index (χ0) is 16.1. The van der Waals surface area contributed by atoms with Gasteiger partial charge in [-0.3, -0.25) is 4.90 Å². The number of benzene rings is 1. The van der Waals surface area contributed by atoms with Crippen molar-refractivity contribution in [1.82, 2.24) is 15.1 Å². The fourth-order valence-electron chi connectivity index (χ4n) is 2.75. The molecule has 0 saturated carbocycles. The molecule has 1 aromatic carbocycles. The zero-order valence-corrected chi connectivity index (χ0v) is 13.2. The normalized spacial score (nSPS) is 17.4. The van der Waals surface area contributed by atoms with Crippen molar-refractivity contribution in [3.8, 4) is 0 Å². The minimum absolute atomic E-state index is 0.0305. The van der Waals surface area contributed by atoms with Gasteiger partial charge in [-0.2, -0.15) is 0 Å². The average molecular weight is 309 g/mol. The fourth-order valence-corrected chi connectivity index (χ4v) is 2.75. The number of aryl methyl sites for hydroxylation is 1. The number of rotatable bonds is 4. The summed E-state index contributed by atoms with van der Waals surface area (Å²) in [5.74, 6) is -0.288. The van der Waals surface area contributed by atoms with E-state index in [1.54, 1.807) is 17.9 Å². The molecule has 1 aliphatic rings. The van der Waals surface area contributed by atoms with Crippen molar-refractivity contribution >= 4 is 6.03 Å². The molecule has 0 aromatic heterocycles. The van der Waals surface area contributed by atoms with Gasteiger partial charge in [-0.15, -0.1) is 0 Å². The maximum Gasteiger partial charge on any atom is 0.317 e. The van der Waals surface area contributed by atoms with E-state index in [1.807, 2.05) is 6.92 Å². The number of aliphatic hydroxyl groups excluding tert-OH is 1. The van der Waals surface area contributed by atoms with Crippen molar-refractivity contribution in [3.63, 3.8) is 0 Å². The highest BCUT2D eigenvalue weighted by Crippen LogP contribution is 2.20. The fraction of sp³-hybridized carbons (Fsp3) is 0.562. The lowest BCUT2D eigenvalue weighted by molar-refractivity contribution is 0.0807. The molecule has 1 atom stereocenters. The predicted octanol–water partition coefficient (Wildman–Crippen LogP) is 1.51. The summed E-state index contributed by atoms with van der Waals surface area (Å²) >= 11 is 0. The molecule has 22 heavy (non-hydrogen) atoms. The number of hydrogen-bond donors (Lipinski definition) is 2. The Morgan fingerprint density at radius 2 is 2.05 bits per heavy atom. The van der Waals surface area contributed by atoms with Crippen molar-refractivity contribution < 1.29 is 14.3 Å². The number of nitrogens with zero attached hydrogens (tertiary/aromatic N) is 2. The number of aliphatic hydroxyl groups is 1. The third kappa shape index (κ3) is 4.18. The summed E-state index contributed by atoms with van der Waals surface area (Å²) in [7, 11) is 0.